The molecule has 5 nitrogen and oxygen atoms in total. The number of carbonyl (C=O) groups excluding carboxylic acids is 2. The van der Waals surface area contributed by atoms with E-state index in [2.05, 4.69) is 26.2 Å². The third kappa shape index (κ3) is 4.38. The van der Waals surface area contributed by atoms with E-state index in [9.17, 15) is 9.59 Å². The minimum atomic E-state index is -0.446. The monoisotopic (exact) mass is 421 g/mol. The van der Waals surface area contributed by atoms with Crippen LogP contribution in [0.25, 0.3) is 0 Å². The first-order chi connectivity index (χ1) is 12.0. The lowest BCUT2D eigenvalue weighted by Crippen LogP contribution is -2.45. The molecule has 1 N–H and O–H groups in total. The summed E-state index contributed by atoms with van der Waals surface area (Å²) in [5.74, 6) is -0.304. The van der Waals surface area contributed by atoms with Gasteiger partial charge in [-0.25, -0.2) is 0 Å². The number of halogens is 2. The second kappa shape index (κ2) is 7.97. The highest BCUT2D eigenvalue weighted by Crippen LogP contribution is 2.21. The minimum absolute atomic E-state index is 0.135. The van der Waals surface area contributed by atoms with Crippen LogP contribution in [0.1, 0.15) is 28.8 Å². The number of hydrogen-bond donors (Lipinski definition) is 1. The number of amides is 2. The van der Waals surface area contributed by atoms with E-state index in [-0.39, 0.29) is 11.8 Å². The van der Waals surface area contributed by atoms with Crippen molar-refractivity contribution in [1.29, 1.82) is 0 Å². The highest BCUT2D eigenvalue weighted by Gasteiger charge is 2.34. The molecule has 0 saturated carbocycles. The zero-order valence-corrected chi connectivity index (χ0v) is 15.8. The van der Waals surface area contributed by atoms with Gasteiger partial charge < -0.3 is 10.2 Å². The molecule has 1 atom stereocenters. The number of aromatic nitrogens is 1. The summed E-state index contributed by atoms with van der Waals surface area (Å²) < 4.78 is 0.737. The molecule has 0 aliphatic carbocycles. The number of nitrogens with zero attached hydrogens (tertiary/aromatic N) is 2. The Bertz CT molecular complexity index is 782. The van der Waals surface area contributed by atoms with Crippen LogP contribution in [-0.2, 0) is 11.3 Å². The van der Waals surface area contributed by atoms with Gasteiger partial charge in [-0.05, 0) is 52.5 Å². The minimum Gasteiger partial charge on any atom is -0.350 e. The van der Waals surface area contributed by atoms with Crippen LogP contribution in [0.15, 0.2) is 47.2 Å². The van der Waals surface area contributed by atoms with Gasteiger partial charge in [0, 0.05) is 35.0 Å². The van der Waals surface area contributed by atoms with Gasteiger partial charge in [0.2, 0.25) is 5.91 Å². The van der Waals surface area contributed by atoms with E-state index in [4.69, 9.17) is 11.6 Å². The Morgan fingerprint density at radius 2 is 2.04 bits per heavy atom. The smallest absolute Gasteiger partial charge is 0.256 e. The van der Waals surface area contributed by atoms with E-state index in [1.165, 1.54) is 6.20 Å². The summed E-state index contributed by atoms with van der Waals surface area (Å²) in [5.41, 5.74) is 1.44. The van der Waals surface area contributed by atoms with Gasteiger partial charge in [-0.1, -0.05) is 23.7 Å². The third-order valence-electron chi connectivity index (χ3n) is 4.15. The molecule has 1 saturated heterocycles. The molecule has 2 heterocycles. The highest BCUT2D eigenvalue weighted by atomic mass is 79.9. The van der Waals surface area contributed by atoms with Gasteiger partial charge in [-0.15, -0.1) is 0 Å². The molecule has 1 fully saturated rings. The van der Waals surface area contributed by atoms with E-state index in [0.29, 0.717) is 30.1 Å². The Morgan fingerprint density at radius 3 is 2.76 bits per heavy atom. The van der Waals surface area contributed by atoms with Crippen LogP contribution < -0.4 is 5.32 Å². The number of nitrogens with one attached hydrogen (secondary N) is 1. The molecular formula is C18H17BrClN3O2. The van der Waals surface area contributed by atoms with E-state index in [0.717, 1.165) is 16.5 Å². The molecule has 1 aromatic carbocycles. The Hall–Kier alpha value is -1.92. The van der Waals surface area contributed by atoms with Crippen LogP contribution in [0.2, 0.25) is 5.02 Å². The summed E-state index contributed by atoms with van der Waals surface area (Å²) in [4.78, 5) is 30.9. The summed E-state index contributed by atoms with van der Waals surface area (Å²) in [5, 5.41) is 3.56. The van der Waals surface area contributed by atoms with E-state index >= 15 is 0 Å². The molecule has 25 heavy (non-hydrogen) atoms. The maximum absolute atomic E-state index is 12.7. The highest BCUT2D eigenvalue weighted by molar-refractivity contribution is 9.10. The summed E-state index contributed by atoms with van der Waals surface area (Å²) in [6.45, 7) is 0.983. The molecule has 0 bridgehead atoms. The fourth-order valence-electron chi connectivity index (χ4n) is 2.89. The Labute approximate surface area is 159 Å². The average Bonchev–Trinajstić information content (AvgIpc) is 3.10. The largest absolute Gasteiger partial charge is 0.350 e. The summed E-state index contributed by atoms with van der Waals surface area (Å²) in [7, 11) is 0. The van der Waals surface area contributed by atoms with Gasteiger partial charge in [0.15, 0.2) is 0 Å². The lowest BCUT2D eigenvalue weighted by molar-refractivity contribution is -0.125. The maximum Gasteiger partial charge on any atom is 0.256 e. The zero-order valence-electron chi connectivity index (χ0n) is 13.4. The number of pyridine rings is 1. The number of likely N-dealkylation sites (tertiary alicyclic amines) is 1. The lowest BCUT2D eigenvalue weighted by atomic mass is 10.1. The van der Waals surface area contributed by atoms with E-state index in [1.54, 1.807) is 29.3 Å². The first-order valence-corrected chi connectivity index (χ1v) is 9.15. The summed E-state index contributed by atoms with van der Waals surface area (Å²) >= 11 is 9.18. The van der Waals surface area contributed by atoms with Gasteiger partial charge in [0.25, 0.3) is 5.91 Å². The van der Waals surface area contributed by atoms with Crippen LogP contribution in [0.4, 0.5) is 0 Å². The normalized spacial score (nSPS) is 16.7. The van der Waals surface area contributed by atoms with Crippen molar-refractivity contribution >= 4 is 39.3 Å². The van der Waals surface area contributed by atoms with Crippen molar-refractivity contribution in [2.75, 3.05) is 6.54 Å². The van der Waals surface area contributed by atoms with Crippen molar-refractivity contribution < 1.29 is 9.59 Å². The van der Waals surface area contributed by atoms with Crippen molar-refractivity contribution in [2.24, 2.45) is 0 Å². The first kappa shape index (κ1) is 17.9. The van der Waals surface area contributed by atoms with Gasteiger partial charge in [-0.2, -0.15) is 0 Å². The first-order valence-electron chi connectivity index (χ1n) is 7.98. The van der Waals surface area contributed by atoms with Crippen LogP contribution in [-0.4, -0.2) is 34.3 Å². The number of carbonyl (C=O) groups is 2. The van der Waals surface area contributed by atoms with Crippen LogP contribution in [0, 0.1) is 0 Å². The van der Waals surface area contributed by atoms with Crippen LogP contribution in [0.5, 0.6) is 0 Å². The van der Waals surface area contributed by atoms with Crippen molar-refractivity contribution in [1.82, 2.24) is 15.2 Å². The van der Waals surface area contributed by atoms with Gasteiger partial charge in [0.1, 0.15) is 6.04 Å². The second-order valence-electron chi connectivity index (χ2n) is 5.89. The lowest BCUT2D eigenvalue weighted by Gasteiger charge is -2.24. The van der Waals surface area contributed by atoms with Crippen LogP contribution in [0.3, 0.4) is 0 Å². The molecule has 2 aromatic rings. The van der Waals surface area contributed by atoms with Crippen LogP contribution >= 0.6 is 27.5 Å². The Morgan fingerprint density at radius 1 is 1.28 bits per heavy atom. The molecule has 2 amide bonds. The number of benzene rings is 1. The number of rotatable bonds is 4. The molecule has 0 radical (unpaired) electrons. The maximum atomic E-state index is 12.7. The van der Waals surface area contributed by atoms with Gasteiger partial charge in [0.05, 0.1) is 5.56 Å². The fourth-order valence-corrected chi connectivity index (χ4v) is 3.38. The summed E-state index contributed by atoms with van der Waals surface area (Å²) in [6, 6.07) is 8.58. The molecule has 3 rings (SSSR count). The predicted molar refractivity (Wildman–Crippen MR) is 99.3 cm³/mol. The Balaban J connectivity index is 1.65. The van der Waals surface area contributed by atoms with Gasteiger partial charge >= 0.3 is 0 Å². The molecule has 1 aliphatic rings. The molecular weight excluding hydrogens is 406 g/mol. The SMILES string of the molecule is O=C(NCc1ccc(Cl)cc1)C1CCCN1C(=O)c1cncc(Br)c1. The molecule has 130 valence electrons. The molecule has 1 unspecified atom stereocenters. The van der Waals surface area contributed by atoms with Gasteiger partial charge in [-0.3, -0.25) is 14.6 Å². The van der Waals surface area contributed by atoms with Crippen molar-refractivity contribution in [2.45, 2.75) is 25.4 Å². The van der Waals surface area contributed by atoms with E-state index < -0.39 is 6.04 Å². The predicted octanol–water partition coefficient (Wildman–Crippen LogP) is 3.42. The Kier molecular flexibility index (Phi) is 5.71. The molecule has 0 spiro atoms. The summed E-state index contributed by atoms with van der Waals surface area (Å²) in [6.07, 6.45) is 4.62. The zero-order chi connectivity index (χ0) is 17.8. The van der Waals surface area contributed by atoms with Crippen molar-refractivity contribution in [3.63, 3.8) is 0 Å². The van der Waals surface area contributed by atoms with Crippen molar-refractivity contribution in [3.8, 4) is 0 Å². The molecule has 1 aromatic heterocycles. The molecule has 7 heteroatoms. The average molecular weight is 423 g/mol. The van der Waals surface area contributed by atoms with Crippen molar-refractivity contribution in [3.05, 3.63) is 63.3 Å². The fraction of sp³-hybridized carbons (Fsp3) is 0.278. The quantitative estimate of drug-likeness (QED) is 0.821. The third-order valence-corrected chi connectivity index (χ3v) is 4.83. The standard InChI is InChI=1S/C18H17BrClN3O2/c19-14-8-13(10-21-11-14)18(25)23-7-1-2-16(23)17(24)22-9-12-3-5-15(20)6-4-12/h3-6,8,10-11,16H,1-2,7,9H2,(H,22,24). The topological polar surface area (TPSA) is 62.3 Å². The molecule has 1 aliphatic heterocycles. The van der Waals surface area contributed by atoms with E-state index in [1.807, 2.05) is 12.1 Å². The second-order valence-corrected chi connectivity index (χ2v) is 7.24. The number of hydrogen-bond acceptors (Lipinski definition) is 3.